The fourth-order valence-corrected chi connectivity index (χ4v) is 8.25. The van der Waals surface area contributed by atoms with Crippen LogP contribution in [0.25, 0.3) is 0 Å². The number of aliphatic hydroxyl groups excluding tert-OH is 5. The van der Waals surface area contributed by atoms with Gasteiger partial charge >= 0.3 is 5.97 Å². The molecule has 1 fully saturated rings. The molecule has 11 nitrogen and oxygen atoms in total. The molecule has 1 aliphatic rings. The van der Waals surface area contributed by atoms with Gasteiger partial charge in [-0.15, -0.1) is 0 Å². The van der Waals surface area contributed by atoms with Gasteiger partial charge in [0, 0.05) is 6.42 Å². The Morgan fingerprint density at radius 2 is 1.04 bits per heavy atom. The summed E-state index contributed by atoms with van der Waals surface area (Å²) >= 11 is 0. The Balaban J connectivity index is 2.73. The van der Waals surface area contributed by atoms with Crippen molar-refractivity contribution in [3.05, 3.63) is 48.6 Å². The van der Waals surface area contributed by atoms with Gasteiger partial charge in [0.2, 0.25) is 5.91 Å². The molecule has 390 valence electrons. The number of amides is 1. The number of carbonyl (C=O) groups is 2. The van der Waals surface area contributed by atoms with Gasteiger partial charge in [-0.3, -0.25) is 9.59 Å². The summed E-state index contributed by atoms with van der Waals surface area (Å²) in [6.07, 6.45) is 41.6. The van der Waals surface area contributed by atoms with E-state index in [1.54, 1.807) is 6.08 Å². The number of hydrogen-bond donors (Lipinski definition) is 6. The van der Waals surface area contributed by atoms with Crippen LogP contribution in [0.1, 0.15) is 233 Å². The van der Waals surface area contributed by atoms with E-state index in [0.29, 0.717) is 12.8 Å². The predicted molar refractivity (Wildman–Crippen MR) is 273 cm³/mol. The molecule has 0 radical (unpaired) electrons. The van der Waals surface area contributed by atoms with Crippen LogP contribution in [0.2, 0.25) is 0 Å². The molecule has 6 N–H and O–H groups in total. The van der Waals surface area contributed by atoms with E-state index in [0.717, 1.165) is 89.9 Å². The quantitative estimate of drug-likeness (QED) is 0.0196. The molecule has 0 aromatic rings. The van der Waals surface area contributed by atoms with Crippen molar-refractivity contribution in [3.63, 3.8) is 0 Å². The van der Waals surface area contributed by atoms with Crippen LogP contribution >= 0.6 is 0 Å². The van der Waals surface area contributed by atoms with Crippen molar-refractivity contribution in [3.8, 4) is 0 Å². The van der Waals surface area contributed by atoms with Crippen LogP contribution in [-0.2, 0) is 23.8 Å². The van der Waals surface area contributed by atoms with Crippen molar-refractivity contribution in [2.24, 2.45) is 0 Å². The van der Waals surface area contributed by atoms with E-state index in [-0.39, 0.29) is 19.4 Å². The zero-order valence-electron chi connectivity index (χ0n) is 42.8. The molecule has 8 atom stereocenters. The van der Waals surface area contributed by atoms with Crippen molar-refractivity contribution >= 4 is 11.9 Å². The van der Waals surface area contributed by atoms with Crippen molar-refractivity contribution < 1.29 is 49.3 Å². The third-order valence-electron chi connectivity index (χ3n) is 12.7. The monoisotopic (exact) mass is 948 g/mol. The van der Waals surface area contributed by atoms with Crippen molar-refractivity contribution in [2.45, 2.75) is 282 Å². The molecule has 0 spiro atoms. The van der Waals surface area contributed by atoms with E-state index in [1.165, 1.54) is 96.3 Å². The third-order valence-corrected chi connectivity index (χ3v) is 12.7. The smallest absolute Gasteiger partial charge is 0.306 e. The van der Waals surface area contributed by atoms with Crippen LogP contribution < -0.4 is 5.32 Å². The molecule has 67 heavy (non-hydrogen) atoms. The second-order valence-electron chi connectivity index (χ2n) is 19.0. The lowest BCUT2D eigenvalue weighted by Crippen LogP contribution is -2.61. The van der Waals surface area contributed by atoms with E-state index < -0.39 is 67.4 Å². The molecule has 0 aliphatic carbocycles. The Morgan fingerprint density at radius 3 is 1.61 bits per heavy atom. The molecule has 0 saturated carbocycles. The number of carbonyl (C=O) groups excluding carboxylic acids is 2. The van der Waals surface area contributed by atoms with Gasteiger partial charge in [0.15, 0.2) is 12.4 Å². The first kappa shape index (κ1) is 62.6. The second kappa shape index (κ2) is 44.8. The molecule has 1 rings (SSSR count). The third kappa shape index (κ3) is 33.7. The lowest BCUT2D eigenvalue weighted by molar-refractivity contribution is -0.305. The number of nitrogens with one attached hydrogen (secondary N) is 1. The summed E-state index contributed by atoms with van der Waals surface area (Å²) in [6, 6.07) is -1.03. The predicted octanol–water partition coefficient (Wildman–Crippen LogP) is 11.7. The molecule has 11 heteroatoms. The summed E-state index contributed by atoms with van der Waals surface area (Å²) < 4.78 is 17.5. The molecule has 1 amide bonds. The van der Waals surface area contributed by atoms with E-state index >= 15 is 0 Å². The maximum absolute atomic E-state index is 13.3. The minimum absolute atomic E-state index is 0.114. The lowest BCUT2D eigenvalue weighted by Gasteiger charge is -2.41. The summed E-state index contributed by atoms with van der Waals surface area (Å²) in [6.45, 7) is 5.68. The van der Waals surface area contributed by atoms with Gasteiger partial charge in [0.25, 0.3) is 0 Å². The maximum atomic E-state index is 13.3. The standard InChI is InChI=1S/C56H101NO10/c1-4-7-10-13-16-19-22-23-24-25-26-27-29-32-35-38-41-44-51(61)67-54-53(63)52(62)50(45-58)66-56(54)65-46-47(48(59)42-39-36-33-31-28-20-17-14-11-8-5-2)57-55(64)49(60)43-40-37-34-30-21-18-15-12-9-6-3/h15-16,18-19,23-24,39,42,47-50,52-54,56,58-60,62-63H,4-14,17,20-22,25-38,40-41,43-46H2,1-3H3,(H,57,64)/b18-15-,19-16-,24-23-,42-39+. The highest BCUT2D eigenvalue weighted by atomic mass is 16.7. The molecular formula is C56H101NO10. The van der Waals surface area contributed by atoms with E-state index in [1.807, 2.05) is 6.08 Å². The average molecular weight is 948 g/mol. The molecule has 0 aromatic heterocycles. The Morgan fingerprint density at radius 1 is 0.582 bits per heavy atom. The van der Waals surface area contributed by atoms with Crippen LogP contribution in [0.3, 0.4) is 0 Å². The van der Waals surface area contributed by atoms with Gasteiger partial charge < -0.3 is 45.1 Å². The average Bonchev–Trinajstić information content (AvgIpc) is 3.32. The molecule has 0 bridgehead atoms. The molecule has 8 unspecified atom stereocenters. The second-order valence-corrected chi connectivity index (χ2v) is 19.0. The molecule has 1 heterocycles. The minimum Gasteiger partial charge on any atom is -0.454 e. The van der Waals surface area contributed by atoms with Crippen molar-refractivity contribution in [1.82, 2.24) is 5.32 Å². The van der Waals surface area contributed by atoms with Crippen LogP contribution in [0, 0.1) is 0 Å². The topological polar surface area (TPSA) is 175 Å². The largest absolute Gasteiger partial charge is 0.454 e. The van der Waals surface area contributed by atoms with Gasteiger partial charge in [0.1, 0.15) is 24.4 Å². The lowest BCUT2D eigenvalue weighted by atomic mass is 9.99. The van der Waals surface area contributed by atoms with Gasteiger partial charge in [-0.25, -0.2) is 0 Å². The zero-order valence-corrected chi connectivity index (χ0v) is 42.8. The maximum Gasteiger partial charge on any atom is 0.306 e. The first-order valence-corrected chi connectivity index (χ1v) is 27.4. The summed E-state index contributed by atoms with van der Waals surface area (Å²) in [5.74, 6) is -1.21. The number of ether oxygens (including phenoxy) is 3. The summed E-state index contributed by atoms with van der Waals surface area (Å²) in [5, 5.41) is 56.6. The fraction of sp³-hybridized carbons (Fsp3) is 0.821. The van der Waals surface area contributed by atoms with Gasteiger partial charge in [0.05, 0.1) is 25.4 Å². The number of esters is 1. The number of hydrogen-bond acceptors (Lipinski definition) is 10. The highest BCUT2D eigenvalue weighted by molar-refractivity contribution is 5.80. The number of allylic oxidation sites excluding steroid dienone is 7. The Hall–Kier alpha value is -2.38. The van der Waals surface area contributed by atoms with E-state index in [2.05, 4.69) is 62.5 Å². The molecule has 0 aromatic carbocycles. The minimum atomic E-state index is -1.62. The van der Waals surface area contributed by atoms with Crippen LogP contribution in [0.5, 0.6) is 0 Å². The van der Waals surface area contributed by atoms with Crippen LogP contribution in [-0.4, -0.2) is 99.6 Å². The summed E-state index contributed by atoms with van der Waals surface area (Å²) in [4.78, 5) is 26.3. The SMILES string of the molecule is CCCC/C=C\CCCCCCC(O)C(=O)NC(COC1OC(CO)C(O)C(O)C1OC(=O)CCCCCCCCC/C=C\C/C=C\CCCCC)C(O)/C=C/CCCCCCCCCCC. The Bertz CT molecular complexity index is 1270. The fourth-order valence-electron chi connectivity index (χ4n) is 8.25. The van der Waals surface area contributed by atoms with Crippen LogP contribution in [0.15, 0.2) is 48.6 Å². The zero-order chi connectivity index (χ0) is 49.0. The molecule has 1 saturated heterocycles. The molecule has 1 aliphatic heterocycles. The van der Waals surface area contributed by atoms with Crippen molar-refractivity contribution in [2.75, 3.05) is 13.2 Å². The normalized spacial score (nSPS) is 20.4. The molecular weight excluding hydrogens is 847 g/mol. The Kier molecular flexibility index (Phi) is 41.9. The summed E-state index contributed by atoms with van der Waals surface area (Å²) in [7, 11) is 0. The van der Waals surface area contributed by atoms with Crippen molar-refractivity contribution in [1.29, 1.82) is 0 Å². The van der Waals surface area contributed by atoms with E-state index in [4.69, 9.17) is 14.2 Å². The highest BCUT2D eigenvalue weighted by Gasteiger charge is 2.47. The number of unbranched alkanes of at least 4 members (excludes halogenated alkanes) is 25. The van der Waals surface area contributed by atoms with Crippen LogP contribution in [0.4, 0.5) is 0 Å². The van der Waals surface area contributed by atoms with Gasteiger partial charge in [-0.2, -0.15) is 0 Å². The van der Waals surface area contributed by atoms with Gasteiger partial charge in [-0.1, -0.05) is 198 Å². The number of aliphatic hydroxyl groups is 5. The highest BCUT2D eigenvalue weighted by Crippen LogP contribution is 2.26. The number of rotatable bonds is 45. The first-order valence-electron chi connectivity index (χ1n) is 27.4. The summed E-state index contributed by atoms with van der Waals surface area (Å²) in [5.41, 5.74) is 0. The van der Waals surface area contributed by atoms with E-state index in [9.17, 15) is 35.1 Å². The Labute approximate surface area is 408 Å². The van der Waals surface area contributed by atoms with Gasteiger partial charge in [-0.05, 0) is 77.0 Å². The first-order chi connectivity index (χ1) is 32.7.